The number of rotatable bonds is 8. The molecule has 4 rings (SSSR count). The summed E-state index contributed by atoms with van der Waals surface area (Å²) >= 11 is 0. The van der Waals surface area contributed by atoms with Gasteiger partial charge in [0, 0.05) is 36.6 Å². The van der Waals surface area contributed by atoms with Crippen LogP contribution >= 0.6 is 0 Å². The Morgan fingerprint density at radius 3 is 2.54 bits per heavy atom. The van der Waals surface area contributed by atoms with Crippen molar-refractivity contribution < 1.29 is 4.74 Å². The molecule has 1 N–H and O–H groups in total. The number of nitrogens with zero attached hydrogens (tertiary/aromatic N) is 3. The summed E-state index contributed by atoms with van der Waals surface area (Å²) in [4.78, 5) is 4.30. The molecule has 0 aliphatic carbocycles. The maximum absolute atomic E-state index is 5.97. The SMILES string of the molecule is c1ccc(-n2cc(CNCc3ccccc3OCc3ccccn3)cn2)cc1. The van der Waals surface area contributed by atoms with Crippen molar-refractivity contribution >= 4 is 0 Å². The van der Waals surface area contributed by atoms with Crippen LogP contribution in [0.4, 0.5) is 0 Å². The minimum absolute atomic E-state index is 0.460. The fourth-order valence-corrected chi connectivity index (χ4v) is 2.94. The molecule has 0 bridgehead atoms. The van der Waals surface area contributed by atoms with E-state index in [0.29, 0.717) is 6.61 Å². The van der Waals surface area contributed by atoms with E-state index in [9.17, 15) is 0 Å². The summed E-state index contributed by atoms with van der Waals surface area (Å²) < 4.78 is 7.86. The average Bonchev–Trinajstić information content (AvgIpc) is 3.23. The van der Waals surface area contributed by atoms with E-state index in [-0.39, 0.29) is 0 Å². The second-order valence-corrected chi connectivity index (χ2v) is 6.45. The fourth-order valence-electron chi connectivity index (χ4n) is 2.94. The number of aromatic nitrogens is 3. The molecule has 0 saturated carbocycles. The molecule has 5 nitrogen and oxygen atoms in total. The monoisotopic (exact) mass is 370 g/mol. The third-order valence-electron chi connectivity index (χ3n) is 4.38. The Hall–Kier alpha value is -3.44. The van der Waals surface area contributed by atoms with Crippen LogP contribution in [0.3, 0.4) is 0 Å². The third kappa shape index (κ3) is 4.64. The molecule has 0 radical (unpaired) electrons. The van der Waals surface area contributed by atoms with Crippen LogP contribution in [0.2, 0.25) is 0 Å². The van der Waals surface area contributed by atoms with Crippen molar-refractivity contribution in [3.8, 4) is 11.4 Å². The molecule has 4 aromatic rings. The van der Waals surface area contributed by atoms with E-state index in [2.05, 4.69) is 21.5 Å². The average molecular weight is 370 g/mol. The fraction of sp³-hybridized carbons (Fsp3) is 0.130. The van der Waals surface area contributed by atoms with Gasteiger partial charge in [0.2, 0.25) is 0 Å². The lowest BCUT2D eigenvalue weighted by atomic mass is 10.2. The van der Waals surface area contributed by atoms with Crippen LogP contribution in [-0.4, -0.2) is 14.8 Å². The number of para-hydroxylation sites is 2. The molecule has 2 heterocycles. The van der Waals surface area contributed by atoms with E-state index in [4.69, 9.17) is 4.74 Å². The largest absolute Gasteiger partial charge is 0.487 e. The highest BCUT2D eigenvalue weighted by Gasteiger charge is 2.05. The standard InChI is InChI=1S/C23H22N4O/c1-2-10-22(11-3-1)27-17-19(15-26-27)14-24-16-20-8-4-5-12-23(20)28-18-21-9-6-7-13-25-21/h1-13,15,17,24H,14,16,18H2. The van der Waals surface area contributed by atoms with E-state index in [1.165, 1.54) is 0 Å². The minimum Gasteiger partial charge on any atom is -0.487 e. The highest BCUT2D eigenvalue weighted by atomic mass is 16.5. The first-order chi connectivity index (χ1) is 13.9. The Balaban J connectivity index is 1.33. The van der Waals surface area contributed by atoms with Crippen LogP contribution in [0.5, 0.6) is 5.75 Å². The molecule has 28 heavy (non-hydrogen) atoms. The molecule has 0 unspecified atom stereocenters. The van der Waals surface area contributed by atoms with Crippen LogP contribution in [-0.2, 0) is 19.7 Å². The van der Waals surface area contributed by atoms with Crippen molar-refractivity contribution in [2.24, 2.45) is 0 Å². The lowest BCUT2D eigenvalue weighted by Crippen LogP contribution is -2.13. The molecule has 2 aromatic heterocycles. The van der Waals surface area contributed by atoms with Crippen LogP contribution in [0, 0.1) is 0 Å². The maximum atomic E-state index is 5.97. The third-order valence-corrected chi connectivity index (χ3v) is 4.38. The lowest BCUT2D eigenvalue weighted by molar-refractivity contribution is 0.297. The molecule has 0 atom stereocenters. The van der Waals surface area contributed by atoms with E-state index in [1.54, 1.807) is 6.20 Å². The summed E-state index contributed by atoms with van der Waals surface area (Å²) in [5.74, 6) is 0.876. The van der Waals surface area contributed by atoms with Crippen molar-refractivity contribution in [3.05, 3.63) is 108 Å². The zero-order valence-corrected chi connectivity index (χ0v) is 15.5. The predicted octanol–water partition coefficient (Wildman–Crippen LogP) is 4.14. The van der Waals surface area contributed by atoms with Crippen molar-refractivity contribution in [1.29, 1.82) is 0 Å². The van der Waals surface area contributed by atoms with Gasteiger partial charge >= 0.3 is 0 Å². The van der Waals surface area contributed by atoms with E-state index in [0.717, 1.165) is 41.3 Å². The quantitative estimate of drug-likeness (QED) is 0.507. The number of pyridine rings is 1. The van der Waals surface area contributed by atoms with Crippen LogP contribution in [0.1, 0.15) is 16.8 Å². The molecule has 0 fully saturated rings. The zero-order chi connectivity index (χ0) is 19.0. The first kappa shape index (κ1) is 17.9. The number of hydrogen-bond donors (Lipinski definition) is 1. The van der Waals surface area contributed by atoms with Crippen LogP contribution in [0.15, 0.2) is 91.4 Å². The van der Waals surface area contributed by atoms with Gasteiger partial charge in [0.05, 0.1) is 17.6 Å². The van der Waals surface area contributed by atoms with Crippen molar-refractivity contribution in [3.63, 3.8) is 0 Å². The van der Waals surface area contributed by atoms with Crippen LogP contribution < -0.4 is 10.1 Å². The minimum atomic E-state index is 0.460. The number of benzene rings is 2. The first-order valence-electron chi connectivity index (χ1n) is 9.29. The number of nitrogens with one attached hydrogen (secondary N) is 1. The summed E-state index contributed by atoms with van der Waals surface area (Å²) in [6, 6.07) is 24.0. The normalized spacial score (nSPS) is 10.7. The van der Waals surface area contributed by atoms with Gasteiger partial charge in [-0.2, -0.15) is 5.10 Å². The second-order valence-electron chi connectivity index (χ2n) is 6.45. The first-order valence-corrected chi connectivity index (χ1v) is 9.29. The van der Waals surface area contributed by atoms with Gasteiger partial charge in [-0.3, -0.25) is 4.98 Å². The maximum Gasteiger partial charge on any atom is 0.130 e. The van der Waals surface area contributed by atoms with Gasteiger partial charge in [-0.15, -0.1) is 0 Å². The molecule has 0 aliphatic rings. The van der Waals surface area contributed by atoms with E-state index >= 15 is 0 Å². The van der Waals surface area contributed by atoms with Gasteiger partial charge in [-0.25, -0.2) is 4.68 Å². The Bertz CT molecular complexity index is 999. The Labute approximate surface area is 164 Å². The van der Waals surface area contributed by atoms with Crippen molar-refractivity contribution in [1.82, 2.24) is 20.1 Å². The van der Waals surface area contributed by atoms with Crippen molar-refractivity contribution in [2.45, 2.75) is 19.7 Å². The summed E-state index contributed by atoms with van der Waals surface area (Å²) in [5, 5.41) is 7.91. The molecule has 5 heteroatoms. The number of ether oxygens (including phenoxy) is 1. The van der Waals surface area contributed by atoms with Gasteiger partial charge in [0.1, 0.15) is 12.4 Å². The molecule has 0 saturated heterocycles. The highest BCUT2D eigenvalue weighted by molar-refractivity contribution is 5.34. The van der Waals surface area contributed by atoms with Gasteiger partial charge in [-0.05, 0) is 30.3 Å². The molecular weight excluding hydrogens is 348 g/mol. The molecular formula is C23H22N4O. The van der Waals surface area contributed by atoms with Gasteiger partial charge in [-0.1, -0.05) is 42.5 Å². The topological polar surface area (TPSA) is 52.0 Å². The van der Waals surface area contributed by atoms with E-state index in [1.807, 2.05) is 83.8 Å². The van der Waals surface area contributed by atoms with E-state index < -0.39 is 0 Å². The van der Waals surface area contributed by atoms with Gasteiger partial charge < -0.3 is 10.1 Å². The van der Waals surface area contributed by atoms with Gasteiger partial charge in [0.15, 0.2) is 0 Å². The number of hydrogen-bond acceptors (Lipinski definition) is 4. The highest BCUT2D eigenvalue weighted by Crippen LogP contribution is 2.19. The Morgan fingerprint density at radius 2 is 1.68 bits per heavy atom. The molecule has 140 valence electrons. The Morgan fingerprint density at radius 1 is 0.857 bits per heavy atom. The zero-order valence-electron chi connectivity index (χ0n) is 15.5. The smallest absolute Gasteiger partial charge is 0.130 e. The van der Waals surface area contributed by atoms with Gasteiger partial charge in [0.25, 0.3) is 0 Å². The predicted molar refractivity (Wildman–Crippen MR) is 109 cm³/mol. The summed E-state index contributed by atoms with van der Waals surface area (Å²) in [6.07, 6.45) is 5.72. The molecule has 0 spiro atoms. The molecule has 0 amide bonds. The van der Waals surface area contributed by atoms with Crippen molar-refractivity contribution in [2.75, 3.05) is 0 Å². The molecule has 0 aliphatic heterocycles. The lowest BCUT2D eigenvalue weighted by Gasteiger charge is -2.11. The summed E-state index contributed by atoms with van der Waals surface area (Å²) in [6.45, 7) is 1.91. The van der Waals surface area contributed by atoms with Crippen LogP contribution in [0.25, 0.3) is 5.69 Å². The molecule has 2 aromatic carbocycles. The summed E-state index contributed by atoms with van der Waals surface area (Å²) in [7, 11) is 0. The Kier molecular flexibility index (Phi) is 5.75. The summed E-state index contributed by atoms with van der Waals surface area (Å²) in [5.41, 5.74) is 4.23. The second kappa shape index (κ2) is 8.97.